The van der Waals surface area contributed by atoms with Gasteiger partial charge in [-0.2, -0.15) is 9.57 Å². The minimum absolute atomic E-state index is 0.0298. The van der Waals surface area contributed by atoms with Crippen molar-refractivity contribution in [3.05, 3.63) is 29.8 Å². The number of benzene rings is 1. The topological polar surface area (TPSA) is 90.6 Å². The smallest absolute Gasteiger partial charge is 0.244 e. The van der Waals surface area contributed by atoms with Gasteiger partial charge in [-0.05, 0) is 12.1 Å². The molecule has 1 aromatic rings. The molecule has 7 heteroatoms. The fourth-order valence-electron chi connectivity index (χ4n) is 2.01. The molecule has 0 aliphatic carbocycles. The molecule has 0 spiro atoms. The van der Waals surface area contributed by atoms with Crippen LogP contribution in [0.5, 0.6) is 0 Å². The molecular formula is C12H14N2O4S. The summed E-state index contributed by atoms with van der Waals surface area (Å²) >= 11 is 0. The number of nitriles is 1. The summed E-state index contributed by atoms with van der Waals surface area (Å²) in [6.45, 7) is 0.302. The second kappa shape index (κ2) is 5.67. The van der Waals surface area contributed by atoms with Gasteiger partial charge in [0.15, 0.2) is 0 Å². The van der Waals surface area contributed by atoms with Gasteiger partial charge in [-0.15, -0.1) is 0 Å². The summed E-state index contributed by atoms with van der Waals surface area (Å²) in [5.74, 6) is 0. The van der Waals surface area contributed by atoms with Crippen molar-refractivity contribution in [1.29, 1.82) is 5.26 Å². The van der Waals surface area contributed by atoms with E-state index in [4.69, 9.17) is 10.00 Å². The molecule has 6 nitrogen and oxygen atoms in total. The van der Waals surface area contributed by atoms with E-state index in [9.17, 15) is 13.5 Å². The number of ether oxygens (including phenoxy) is 1. The maximum atomic E-state index is 12.5. The van der Waals surface area contributed by atoms with Crippen molar-refractivity contribution in [2.45, 2.75) is 10.9 Å². The highest BCUT2D eigenvalue weighted by molar-refractivity contribution is 7.89. The Morgan fingerprint density at radius 1 is 1.47 bits per heavy atom. The summed E-state index contributed by atoms with van der Waals surface area (Å²) in [5, 5.41) is 18.2. The Morgan fingerprint density at radius 3 is 2.89 bits per heavy atom. The Kier molecular flexibility index (Phi) is 4.17. The average molecular weight is 282 g/mol. The van der Waals surface area contributed by atoms with Gasteiger partial charge in [0.2, 0.25) is 10.0 Å². The third-order valence-electron chi connectivity index (χ3n) is 2.98. The quantitative estimate of drug-likeness (QED) is 0.838. The lowest BCUT2D eigenvalue weighted by Crippen LogP contribution is -2.50. The second-order valence-electron chi connectivity index (χ2n) is 4.14. The van der Waals surface area contributed by atoms with Gasteiger partial charge >= 0.3 is 0 Å². The predicted molar refractivity (Wildman–Crippen MR) is 66.7 cm³/mol. The number of hydrogen-bond donors (Lipinski definition) is 1. The third-order valence-corrected chi connectivity index (χ3v) is 4.99. The highest BCUT2D eigenvalue weighted by atomic mass is 32.2. The minimum Gasteiger partial charge on any atom is -0.395 e. The van der Waals surface area contributed by atoms with E-state index in [2.05, 4.69) is 0 Å². The van der Waals surface area contributed by atoms with Crippen LogP contribution in [0.25, 0.3) is 0 Å². The highest BCUT2D eigenvalue weighted by Gasteiger charge is 2.34. The molecule has 1 unspecified atom stereocenters. The van der Waals surface area contributed by atoms with E-state index in [-0.39, 0.29) is 36.8 Å². The molecule has 0 bridgehead atoms. The van der Waals surface area contributed by atoms with Gasteiger partial charge in [-0.25, -0.2) is 8.42 Å². The molecule has 2 rings (SSSR count). The van der Waals surface area contributed by atoms with Gasteiger partial charge in [0.25, 0.3) is 0 Å². The Morgan fingerprint density at radius 2 is 2.21 bits per heavy atom. The van der Waals surface area contributed by atoms with Gasteiger partial charge < -0.3 is 9.84 Å². The summed E-state index contributed by atoms with van der Waals surface area (Å²) in [5.41, 5.74) is 0.102. The largest absolute Gasteiger partial charge is 0.395 e. The van der Waals surface area contributed by atoms with E-state index in [1.165, 1.54) is 16.4 Å². The van der Waals surface area contributed by atoms with Gasteiger partial charge in [0, 0.05) is 6.54 Å². The van der Waals surface area contributed by atoms with Crippen LogP contribution in [0.1, 0.15) is 5.56 Å². The van der Waals surface area contributed by atoms with Crippen LogP contribution in [0.15, 0.2) is 29.2 Å². The molecule has 19 heavy (non-hydrogen) atoms. The molecule has 1 aromatic carbocycles. The Balaban J connectivity index is 2.44. The number of sulfonamides is 1. The molecule has 1 saturated heterocycles. The molecule has 0 amide bonds. The Labute approximate surface area is 111 Å². The summed E-state index contributed by atoms with van der Waals surface area (Å²) in [6.07, 6.45) is 0. The molecule has 1 heterocycles. The lowest BCUT2D eigenvalue weighted by molar-refractivity contribution is 0.0109. The number of aliphatic hydroxyl groups excluding tert-OH is 1. The van der Waals surface area contributed by atoms with Gasteiger partial charge in [-0.1, -0.05) is 12.1 Å². The zero-order valence-electron chi connectivity index (χ0n) is 10.2. The maximum Gasteiger partial charge on any atom is 0.244 e. The summed E-state index contributed by atoms with van der Waals surface area (Å²) in [4.78, 5) is -0.0298. The number of hydrogen-bond acceptors (Lipinski definition) is 5. The number of rotatable bonds is 3. The van der Waals surface area contributed by atoms with Crippen LogP contribution in [0.3, 0.4) is 0 Å². The average Bonchev–Trinajstić information content (AvgIpc) is 2.47. The number of morpholine rings is 1. The molecule has 0 radical (unpaired) electrons. The van der Waals surface area contributed by atoms with Crippen molar-refractivity contribution in [1.82, 2.24) is 4.31 Å². The van der Waals surface area contributed by atoms with Crippen molar-refractivity contribution in [3.63, 3.8) is 0 Å². The van der Waals surface area contributed by atoms with Crippen LogP contribution in [-0.2, 0) is 14.8 Å². The zero-order valence-corrected chi connectivity index (χ0v) is 11.0. The SMILES string of the molecule is N#Cc1ccccc1S(=O)(=O)N1CCOCC1CO. The van der Waals surface area contributed by atoms with E-state index in [1.54, 1.807) is 12.1 Å². The molecular weight excluding hydrogens is 268 g/mol. The monoisotopic (exact) mass is 282 g/mol. The first kappa shape index (κ1) is 14.0. The van der Waals surface area contributed by atoms with E-state index >= 15 is 0 Å². The summed E-state index contributed by atoms with van der Waals surface area (Å²) < 4.78 is 31.4. The van der Waals surface area contributed by atoms with E-state index in [1.807, 2.05) is 6.07 Å². The first-order valence-electron chi connectivity index (χ1n) is 5.81. The zero-order chi connectivity index (χ0) is 13.9. The Bertz CT molecular complexity index is 594. The van der Waals surface area contributed by atoms with Crippen molar-refractivity contribution in [2.24, 2.45) is 0 Å². The highest BCUT2D eigenvalue weighted by Crippen LogP contribution is 2.23. The van der Waals surface area contributed by atoms with Crippen molar-refractivity contribution in [3.8, 4) is 6.07 Å². The molecule has 1 aliphatic heterocycles. The van der Waals surface area contributed by atoms with Crippen LogP contribution >= 0.6 is 0 Å². The standard InChI is InChI=1S/C12H14N2O4S/c13-7-10-3-1-2-4-12(10)19(16,17)14-5-6-18-9-11(14)8-15/h1-4,11,15H,5-6,8-9H2. The molecule has 1 N–H and O–H groups in total. The van der Waals surface area contributed by atoms with Crippen LogP contribution in [0.4, 0.5) is 0 Å². The van der Waals surface area contributed by atoms with Crippen LogP contribution in [-0.4, -0.2) is 50.2 Å². The summed E-state index contributed by atoms with van der Waals surface area (Å²) in [7, 11) is -3.80. The van der Waals surface area contributed by atoms with E-state index in [0.717, 1.165) is 0 Å². The second-order valence-corrected chi connectivity index (χ2v) is 5.99. The first-order valence-corrected chi connectivity index (χ1v) is 7.25. The van der Waals surface area contributed by atoms with Crippen molar-refractivity contribution >= 4 is 10.0 Å². The maximum absolute atomic E-state index is 12.5. The first-order chi connectivity index (χ1) is 9.11. The molecule has 0 saturated carbocycles. The minimum atomic E-state index is -3.80. The van der Waals surface area contributed by atoms with Crippen LogP contribution < -0.4 is 0 Å². The van der Waals surface area contributed by atoms with E-state index in [0.29, 0.717) is 0 Å². The lowest BCUT2D eigenvalue weighted by Gasteiger charge is -2.33. The van der Waals surface area contributed by atoms with Gasteiger partial charge in [-0.3, -0.25) is 0 Å². The fourth-order valence-corrected chi connectivity index (χ4v) is 3.74. The number of nitrogens with zero attached hydrogens (tertiary/aromatic N) is 2. The normalized spacial score (nSPS) is 20.9. The van der Waals surface area contributed by atoms with Crippen molar-refractivity contribution in [2.75, 3.05) is 26.4 Å². The molecule has 1 fully saturated rings. The fraction of sp³-hybridized carbons (Fsp3) is 0.417. The van der Waals surface area contributed by atoms with Crippen LogP contribution in [0.2, 0.25) is 0 Å². The molecule has 1 aliphatic rings. The van der Waals surface area contributed by atoms with Crippen molar-refractivity contribution < 1.29 is 18.3 Å². The molecule has 0 aromatic heterocycles. The number of aliphatic hydroxyl groups is 1. The Hall–Kier alpha value is -1.46. The van der Waals surface area contributed by atoms with E-state index < -0.39 is 16.1 Å². The molecule has 102 valence electrons. The predicted octanol–water partition coefficient (Wildman–Crippen LogP) is -0.0599. The van der Waals surface area contributed by atoms with Gasteiger partial charge in [0.05, 0.1) is 36.3 Å². The third kappa shape index (κ3) is 2.62. The lowest BCUT2D eigenvalue weighted by atomic mass is 10.2. The van der Waals surface area contributed by atoms with Gasteiger partial charge in [0.1, 0.15) is 6.07 Å². The molecule has 1 atom stereocenters. The summed E-state index contributed by atoms with van der Waals surface area (Å²) in [6, 6.07) is 7.31. The van der Waals surface area contributed by atoms with Crippen LogP contribution in [0, 0.1) is 11.3 Å².